The van der Waals surface area contributed by atoms with Crippen molar-refractivity contribution in [3.8, 4) is 22.5 Å². The summed E-state index contributed by atoms with van der Waals surface area (Å²) < 4.78 is 38.7. The van der Waals surface area contributed by atoms with Crippen LogP contribution in [0, 0.1) is 5.82 Å². The zero-order valence-electron chi connectivity index (χ0n) is 14.7. The molecule has 4 rings (SSSR count). The molecule has 8 nitrogen and oxygen atoms in total. The van der Waals surface area contributed by atoms with Gasteiger partial charge in [0.05, 0.1) is 29.2 Å². The lowest BCUT2D eigenvalue weighted by molar-refractivity contribution is 0.602. The van der Waals surface area contributed by atoms with Crippen LogP contribution in [0.1, 0.15) is 5.82 Å². The molecule has 0 saturated carbocycles. The zero-order valence-corrected chi connectivity index (χ0v) is 15.6. The molecule has 10 heteroatoms. The van der Waals surface area contributed by atoms with Gasteiger partial charge in [0.25, 0.3) is 0 Å². The monoisotopic (exact) mass is 398 g/mol. The first kappa shape index (κ1) is 18.0. The van der Waals surface area contributed by atoms with E-state index in [1.54, 1.807) is 42.7 Å². The van der Waals surface area contributed by atoms with E-state index in [9.17, 15) is 12.8 Å². The smallest absolute Gasteiger partial charge is 0.194 e. The summed E-state index contributed by atoms with van der Waals surface area (Å²) in [4.78, 5) is 4.71. The van der Waals surface area contributed by atoms with Gasteiger partial charge in [0.15, 0.2) is 15.7 Å². The fourth-order valence-corrected chi connectivity index (χ4v) is 3.52. The quantitative estimate of drug-likeness (QED) is 0.553. The first-order valence-corrected chi connectivity index (χ1v) is 10.1. The second kappa shape index (κ2) is 6.97. The standard InChI is InChI=1S/C18H15FN6O2S/c1-28(26,27)15-8-4-13(5-9-15)18-17(12-2-6-14(19)7-3-12)20-11-25(18)10-16-21-23-24-22-16/h2-9,11H,10H2,1H3,(H,21,22,23,24). The summed E-state index contributed by atoms with van der Waals surface area (Å²) in [5.41, 5.74) is 2.86. The summed E-state index contributed by atoms with van der Waals surface area (Å²) in [6.07, 6.45) is 2.79. The number of halogens is 1. The van der Waals surface area contributed by atoms with Crippen LogP contribution in [0.3, 0.4) is 0 Å². The van der Waals surface area contributed by atoms with Crippen LogP contribution >= 0.6 is 0 Å². The molecule has 28 heavy (non-hydrogen) atoms. The summed E-state index contributed by atoms with van der Waals surface area (Å²) in [5, 5.41) is 13.9. The van der Waals surface area contributed by atoms with Gasteiger partial charge in [-0.2, -0.15) is 5.21 Å². The summed E-state index contributed by atoms with van der Waals surface area (Å²) >= 11 is 0. The Hall–Kier alpha value is -3.40. The number of benzene rings is 2. The number of H-pyrrole nitrogens is 1. The lowest BCUT2D eigenvalue weighted by Crippen LogP contribution is -2.03. The van der Waals surface area contributed by atoms with E-state index in [-0.39, 0.29) is 10.7 Å². The molecule has 0 bridgehead atoms. The molecule has 0 amide bonds. The zero-order chi connectivity index (χ0) is 19.7. The number of hydrogen-bond acceptors (Lipinski definition) is 6. The normalized spacial score (nSPS) is 11.6. The summed E-state index contributed by atoms with van der Waals surface area (Å²) in [5.74, 6) is 0.131. The van der Waals surface area contributed by atoms with Gasteiger partial charge in [0, 0.05) is 17.4 Å². The average molecular weight is 398 g/mol. The molecule has 0 spiro atoms. The van der Waals surface area contributed by atoms with Crippen LogP contribution in [0.25, 0.3) is 22.5 Å². The molecular formula is C18H15FN6O2S. The molecule has 0 radical (unpaired) electrons. The molecule has 0 atom stereocenters. The van der Waals surface area contributed by atoms with Gasteiger partial charge in [-0.1, -0.05) is 17.3 Å². The van der Waals surface area contributed by atoms with Crippen LogP contribution in [0.4, 0.5) is 4.39 Å². The van der Waals surface area contributed by atoms with E-state index >= 15 is 0 Å². The van der Waals surface area contributed by atoms with Crippen LogP contribution in [0.15, 0.2) is 59.8 Å². The second-order valence-corrected chi connectivity index (χ2v) is 8.22. The first-order chi connectivity index (χ1) is 13.4. The van der Waals surface area contributed by atoms with E-state index in [0.717, 1.165) is 23.1 Å². The largest absolute Gasteiger partial charge is 0.322 e. The minimum Gasteiger partial charge on any atom is -0.322 e. The van der Waals surface area contributed by atoms with Crippen LogP contribution in [-0.4, -0.2) is 44.8 Å². The van der Waals surface area contributed by atoms with Gasteiger partial charge < -0.3 is 4.57 Å². The van der Waals surface area contributed by atoms with Crippen molar-refractivity contribution in [1.82, 2.24) is 30.2 Å². The molecule has 0 aliphatic rings. The molecule has 0 unspecified atom stereocenters. The maximum Gasteiger partial charge on any atom is 0.194 e. The Morgan fingerprint density at radius 1 is 1.04 bits per heavy atom. The van der Waals surface area contributed by atoms with Crippen molar-refractivity contribution in [3.63, 3.8) is 0 Å². The Labute approximate surface area is 160 Å². The predicted octanol–water partition coefficient (Wildman–Crippen LogP) is 2.32. The van der Waals surface area contributed by atoms with E-state index in [2.05, 4.69) is 25.6 Å². The lowest BCUT2D eigenvalue weighted by Gasteiger charge is -2.10. The van der Waals surface area contributed by atoms with Gasteiger partial charge in [0.2, 0.25) is 0 Å². The first-order valence-electron chi connectivity index (χ1n) is 8.26. The van der Waals surface area contributed by atoms with E-state index in [0.29, 0.717) is 18.1 Å². The second-order valence-electron chi connectivity index (χ2n) is 6.20. The Morgan fingerprint density at radius 2 is 1.71 bits per heavy atom. The number of imidazole rings is 1. The fraction of sp³-hybridized carbons (Fsp3) is 0.111. The van der Waals surface area contributed by atoms with Gasteiger partial charge >= 0.3 is 0 Å². The molecule has 0 aliphatic heterocycles. The maximum absolute atomic E-state index is 13.3. The highest BCUT2D eigenvalue weighted by Crippen LogP contribution is 2.32. The van der Waals surface area contributed by atoms with Crippen molar-refractivity contribution in [3.05, 3.63) is 66.5 Å². The number of nitrogens with zero attached hydrogens (tertiary/aromatic N) is 5. The summed E-state index contributed by atoms with van der Waals surface area (Å²) in [7, 11) is -3.30. The van der Waals surface area contributed by atoms with Crippen LogP contribution in [0.2, 0.25) is 0 Å². The minimum absolute atomic E-state index is 0.226. The Morgan fingerprint density at radius 3 is 2.32 bits per heavy atom. The minimum atomic E-state index is -3.30. The number of nitrogens with one attached hydrogen (secondary N) is 1. The molecular weight excluding hydrogens is 383 g/mol. The van der Waals surface area contributed by atoms with Crippen molar-refractivity contribution in [2.24, 2.45) is 0 Å². The molecule has 142 valence electrons. The van der Waals surface area contributed by atoms with Crippen molar-refractivity contribution in [2.75, 3.05) is 6.26 Å². The van der Waals surface area contributed by atoms with Gasteiger partial charge in [-0.05, 0) is 36.4 Å². The highest BCUT2D eigenvalue weighted by atomic mass is 32.2. The number of tetrazole rings is 1. The Kier molecular flexibility index (Phi) is 4.47. The summed E-state index contributed by atoms with van der Waals surface area (Å²) in [6.45, 7) is 0.313. The van der Waals surface area contributed by atoms with Gasteiger partial charge in [-0.15, -0.1) is 10.2 Å². The van der Waals surface area contributed by atoms with E-state index in [1.165, 1.54) is 12.1 Å². The Balaban J connectivity index is 1.84. The van der Waals surface area contributed by atoms with Crippen molar-refractivity contribution in [2.45, 2.75) is 11.4 Å². The molecule has 4 aromatic rings. The SMILES string of the molecule is CS(=O)(=O)c1ccc(-c2c(-c3ccc(F)cc3)ncn2Cc2nn[nH]n2)cc1. The maximum atomic E-state index is 13.3. The number of sulfone groups is 1. The molecule has 0 fully saturated rings. The van der Waals surface area contributed by atoms with Gasteiger partial charge in [-0.25, -0.2) is 17.8 Å². The topological polar surface area (TPSA) is 106 Å². The van der Waals surface area contributed by atoms with Gasteiger partial charge in [0.1, 0.15) is 5.82 Å². The number of aromatic nitrogens is 6. The third kappa shape index (κ3) is 3.54. The fourth-order valence-electron chi connectivity index (χ4n) is 2.89. The molecule has 0 aliphatic carbocycles. The number of aromatic amines is 1. The van der Waals surface area contributed by atoms with E-state index in [4.69, 9.17) is 0 Å². The van der Waals surface area contributed by atoms with Crippen LogP contribution in [0.5, 0.6) is 0 Å². The average Bonchev–Trinajstić information content (AvgIpc) is 3.32. The highest BCUT2D eigenvalue weighted by Gasteiger charge is 2.17. The van der Waals surface area contributed by atoms with E-state index < -0.39 is 9.84 Å². The third-order valence-electron chi connectivity index (χ3n) is 4.21. The molecule has 2 aromatic carbocycles. The van der Waals surface area contributed by atoms with Gasteiger partial charge in [-0.3, -0.25) is 0 Å². The Bertz CT molecular complexity index is 1200. The third-order valence-corrected chi connectivity index (χ3v) is 5.34. The van der Waals surface area contributed by atoms with Crippen LogP contribution < -0.4 is 0 Å². The lowest BCUT2D eigenvalue weighted by atomic mass is 10.0. The number of hydrogen-bond donors (Lipinski definition) is 1. The van der Waals surface area contributed by atoms with Crippen molar-refractivity contribution in [1.29, 1.82) is 0 Å². The highest BCUT2D eigenvalue weighted by molar-refractivity contribution is 7.90. The molecule has 0 saturated heterocycles. The molecule has 2 aromatic heterocycles. The van der Waals surface area contributed by atoms with Crippen molar-refractivity contribution >= 4 is 9.84 Å². The molecule has 2 heterocycles. The predicted molar refractivity (Wildman–Crippen MR) is 99.4 cm³/mol. The summed E-state index contributed by atoms with van der Waals surface area (Å²) in [6, 6.07) is 12.5. The van der Waals surface area contributed by atoms with Crippen molar-refractivity contribution < 1.29 is 12.8 Å². The van der Waals surface area contributed by atoms with E-state index in [1.807, 2.05) is 4.57 Å². The number of rotatable bonds is 5. The molecule has 1 N–H and O–H groups in total. The van der Waals surface area contributed by atoms with Crippen LogP contribution in [-0.2, 0) is 16.4 Å².